The molecule has 5 aromatic rings. The SMILES string of the molecule is CC[C@H](C)[C@@H](NC(=O)[C@H](CO)NC(=O)CNC(=O)[C@H](CCCCN)NC(=O)[C@H](Cc1cccc2ccccc12)NC(=O)[C@H](CCCCN)NC(=O)[C@H](C)NC(=O)[C@H](CCC(N)=O)NC(=O)[C@H](Cc1cccc2ccccc12)NC(=O)[C@H](CC(N)=O)NC(=O)[C@H](Cc1ccccc1)NC(=O)[C@@H](CC(C)C)NC(=O)[C@H](N)CCCCN)C(=O)N[C@H](CCCCN)C(N)=O. The molecule has 0 aromatic heterocycles. The van der Waals surface area contributed by atoms with Crippen molar-refractivity contribution in [1.29, 1.82) is 0 Å². The number of aliphatic hydroxyl groups excluding tert-OH is 1. The highest BCUT2D eigenvalue weighted by Crippen LogP contribution is 2.24. The van der Waals surface area contributed by atoms with Crippen LogP contribution in [0.1, 0.15) is 160 Å². The molecule has 0 aliphatic carbocycles. The van der Waals surface area contributed by atoms with Gasteiger partial charge in [-0.1, -0.05) is 156 Å². The zero-order chi connectivity index (χ0) is 93.0. The van der Waals surface area contributed by atoms with Gasteiger partial charge in [-0.05, 0) is 167 Å². The first kappa shape index (κ1) is 104. The van der Waals surface area contributed by atoms with E-state index < -0.39 is 211 Å². The van der Waals surface area contributed by atoms with E-state index in [0.29, 0.717) is 85.5 Å². The molecule has 38 heteroatoms. The number of hydrogen-bond donors (Lipinski definition) is 22. The second-order valence-corrected chi connectivity index (χ2v) is 32.0. The number of hydrogen-bond acceptors (Lipinski definition) is 22. The van der Waals surface area contributed by atoms with Crippen LogP contribution in [0.5, 0.6) is 0 Å². The van der Waals surface area contributed by atoms with Crippen LogP contribution in [0.2, 0.25) is 0 Å². The van der Waals surface area contributed by atoms with Gasteiger partial charge in [-0.15, -0.1) is 0 Å². The molecule has 38 nitrogen and oxygen atoms in total. The van der Waals surface area contributed by atoms with Crippen molar-refractivity contribution in [3.05, 3.63) is 132 Å². The van der Waals surface area contributed by atoms with E-state index in [0.717, 1.165) is 10.8 Å². The Morgan fingerprint density at radius 3 is 1.24 bits per heavy atom. The topological polar surface area (TPSA) is 658 Å². The second-order valence-electron chi connectivity index (χ2n) is 32.0. The van der Waals surface area contributed by atoms with Gasteiger partial charge in [-0.3, -0.25) is 76.7 Å². The molecule has 0 saturated carbocycles. The molecule has 30 N–H and O–H groups in total. The Bertz CT molecular complexity index is 4450. The summed E-state index contributed by atoms with van der Waals surface area (Å²) in [4.78, 5) is 225. The van der Waals surface area contributed by atoms with E-state index in [9.17, 15) is 72.2 Å². The van der Waals surface area contributed by atoms with Gasteiger partial charge in [0.2, 0.25) is 94.5 Å². The fraction of sp³-hybridized carbons (Fsp3) is 0.523. The van der Waals surface area contributed by atoms with Crippen LogP contribution in [0.25, 0.3) is 21.5 Å². The summed E-state index contributed by atoms with van der Waals surface area (Å²) in [6, 6.07) is 14.5. The Morgan fingerprint density at radius 2 is 0.754 bits per heavy atom. The van der Waals surface area contributed by atoms with Crippen molar-refractivity contribution in [2.45, 2.75) is 242 Å². The second kappa shape index (κ2) is 55.3. The molecule has 16 amide bonds. The average Bonchev–Trinajstić information content (AvgIpc) is 0.812. The minimum absolute atomic E-state index is 0.0489. The van der Waals surface area contributed by atoms with Crippen molar-refractivity contribution >= 4 is 116 Å². The van der Waals surface area contributed by atoms with Gasteiger partial charge in [-0.25, -0.2) is 0 Å². The number of benzene rings is 5. The van der Waals surface area contributed by atoms with Crippen LogP contribution >= 0.6 is 0 Å². The van der Waals surface area contributed by atoms with Crippen LogP contribution in [0.3, 0.4) is 0 Å². The lowest BCUT2D eigenvalue weighted by atomic mass is 9.97. The molecule has 0 unspecified atom stereocenters. The number of amides is 16. The number of nitrogens with two attached hydrogens (primary N) is 8. The highest BCUT2D eigenvalue weighted by molar-refractivity contribution is 6.02. The van der Waals surface area contributed by atoms with Crippen LogP contribution in [0.4, 0.5) is 0 Å². The number of unbranched alkanes of at least 4 members (excludes halogenated alkanes) is 4. The maximum Gasteiger partial charge on any atom is 0.245 e. The van der Waals surface area contributed by atoms with Gasteiger partial charge in [0.05, 0.1) is 25.6 Å². The van der Waals surface area contributed by atoms with Crippen molar-refractivity contribution in [3.63, 3.8) is 0 Å². The van der Waals surface area contributed by atoms with Gasteiger partial charge in [0, 0.05) is 25.7 Å². The lowest BCUT2D eigenvalue weighted by Gasteiger charge is -2.28. The van der Waals surface area contributed by atoms with Gasteiger partial charge in [0.15, 0.2) is 0 Å². The summed E-state index contributed by atoms with van der Waals surface area (Å²) in [5, 5.41) is 47.0. The lowest BCUT2D eigenvalue weighted by molar-refractivity contribution is -0.136. The first-order chi connectivity index (χ1) is 60.1. The third-order valence-corrected chi connectivity index (χ3v) is 21.4. The number of rotatable bonds is 59. The predicted molar refractivity (Wildman–Crippen MR) is 474 cm³/mol. The molecule has 5 aromatic carbocycles. The van der Waals surface area contributed by atoms with Crippen molar-refractivity contribution < 1.29 is 81.8 Å². The molecular weight excluding hydrogens is 1620 g/mol. The summed E-state index contributed by atoms with van der Waals surface area (Å²) in [6.45, 7) is 7.64. The quantitative estimate of drug-likeness (QED) is 0.0179. The fourth-order valence-electron chi connectivity index (χ4n) is 14.0. The molecule has 5 rings (SSSR count). The van der Waals surface area contributed by atoms with Gasteiger partial charge in [0.1, 0.15) is 72.5 Å². The van der Waals surface area contributed by atoms with E-state index in [1.165, 1.54) is 6.92 Å². The monoisotopic (exact) mass is 1750 g/mol. The fourth-order valence-corrected chi connectivity index (χ4v) is 14.0. The predicted octanol–water partition coefficient (Wildman–Crippen LogP) is -2.47. The van der Waals surface area contributed by atoms with Crippen molar-refractivity contribution in [2.75, 3.05) is 39.3 Å². The first-order valence-electron chi connectivity index (χ1n) is 43.1. The zero-order valence-corrected chi connectivity index (χ0v) is 72.6. The Hall–Kier alpha value is -12.1. The summed E-state index contributed by atoms with van der Waals surface area (Å²) < 4.78 is 0. The summed E-state index contributed by atoms with van der Waals surface area (Å²) >= 11 is 0. The molecule has 0 saturated heterocycles. The van der Waals surface area contributed by atoms with Gasteiger partial charge >= 0.3 is 0 Å². The summed E-state index contributed by atoms with van der Waals surface area (Å²) in [5.74, 6) is -15.4. The largest absolute Gasteiger partial charge is 0.394 e. The van der Waals surface area contributed by atoms with Crippen molar-refractivity contribution in [1.82, 2.24) is 69.1 Å². The molecule has 0 fully saturated rings. The lowest BCUT2D eigenvalue weighted by Crippen LogP contribution is -2.61. The maximum absolute atomic E-state index is 15.1. The Kier molecular flexibility index (Phi) is 45.8. The molecule has 0 radical (unpaired) electrons. The maximum atomic E-state index is 15.1. The smallest absolute Gasteiger partial charge is 0.245 e. The van der Waals surface area contributed by atoms with Gasteiger partial charge < -0.3 is 120 Å². The van der Waals surface area contributed by atoms with E-state index in [2.05, 4.69) is 69.1 Å². The normalized spacial score (nSPS) is 14.6. The van der Waals surface area contributed by atoms with Crippen LogP contribution in [-0.2, 0) is 96.0 Å². The average molecular weight is 1760 g/mol. The van der Waals surface area contributed by atoms with E-state index in [-0.39, 0.29) is 83.2 Å². The Labute approximate surface area is 734 Å². The van der Waals surface area contributed by atoms with Gasteiger partial charge in [-0.2, -0.15) is 0 Å². The highest BCUT2D eigenvalue weighted by atomic mass is 16.3. The molecule has 0 bridgehead atoms. The van der Waals surface area contributed by atoms with Crippen LogP contribution in [-0.4, -0.2) is 217 Å². The van der Waals surface area contributed by atoms with E-state index in [4.69, 9.17) is 45.9 Å². The minimum Gasteiger partial charge on any atom is -0.394 e. The summed E-state index contributed by atoms with van der Waals surface area (Å²) in [6.07, 6.45) is 1.69. The molecule has 14 atom stereocenters. The van der Waals surface area contributed by atoms with Crippen molar-refractivity contribution in [2.24, 2.45) is 57.7 Å². The van der Waals surface area contributed by atoms with Crippen LogP contribution in [0, 0.1) is 11.8 Å². The molecule has 0 heterocycles. The number of aliphatic hydroxyl groups is 1. The minimum atomic E-state index is -1.84. The molecule has 0 spiro atoms. The molecule has 0 aliphatic rings. The number of fused-ring (bicyclic) bond motifs is 2. The molecule has 126 heavy (non-hydrogen) atoms. The van der Waals surface area contributed by atoms with E-state index >= 15 is 9.59 Å². The number of carbonyl (C=O) groups excluding carboxylic acids is 16. The third kappa shape index (κ3) is 35.9. The van der Waals surface area contributed by atoms with E-state index in [1.54, 1.807) is 117 Å². The van der Waals surface area contributed by atoms with Crippen molar-refractivity contribution in [3.8, 4) is 0 Å². The van der Waals surface area contributed by atoms with Crippen LogP contribution < -0.4 is 115 Å². The standard InChI is InChI=1S/C88H131N21O17/c1-6-52(4)75(88(126)100-62(76(96)114)35-15-19-41-90)109-87(125)71(50-110)99-74(113)49-97-79(117)63(36-16-20-42-91)102-84(122)68(46-57-30-22-28-55-26-10-12-32-59(55)57)106-81(119)64(37-17-21-43-92)101-77(115)53(5)98-80(118)65(38-39-72(94)111)103-85(123)69(47-58-31-23-29-56-27-11-13-33-60(56)58)107-86(124)70(48-73(95)112)108-83(121)67(45-54-24-8-7-9-25-54)105-82(120)66(44-51(2)3)104-78(116)61(93)34-14-18-40-89/h7-13,22-33,51-53,61-71,75,110H,6,14-21,34-50,89-93H2,1-5H3,(H2,94,111)(H2,95,112)(H2,96,114)(H,97,117)(H,98,118)(H,99,113)(H,100,126)(H,101,115)(H,102,122)(H,103,123)(H,104,116)(H,105,120)(H,106,119)(H,107,124)(H,108,121)(H,109,125)/t52-,53-,61+,62+,63-,64-,65-,66+,67-,68-,69-,70-,71-,75+/m0/s1. The Balaban J connectivity index is 1.41. The Morgan fingerprint density at radius 1 is 0.357 bits per heavy atom. The highest BCUT2D eigenvalue weighted by Gasteiger charge is 2.38. The molecule has 0 aliphatic heterocycles. The summed E-state index contributed by atoms with van der Waals surface area (Å²) in [7, 11) is 0. The first-order valence-corrected chi connectivity index (χ1v) is 43.1. The zero-order valence-electron chi connectivity index (χ0n) is 72.6. The summed E-state index contributed by atoms with van der Waals surface area (Å²) in [5.41, 5.74) is 47.8. The number of carbonyl (C=O) groups is 16. The third-order valence-electron chi connectivity index (χ3n) is 21.4. The van der Waals surface area contributed by atoms with Crippen LogP contribution in [0.15, 0.2) is 115 Å². The number of nitrogens with one attached hydrogen (secondary N) is 13. The molecular formula is C88H131N21O17. The van der Waals surface area contributed by atoms with Gasteiger partial charge in [0.25, 0.3) is 0 Å². The van der Waals surface area contributed by atoms with E-state index in [1.807, 2.05) is 26.0 Å². The molecule has 690 valence electrons. The number of primary amides is 3.